The Morgan fingerprint density at radius 2 is 1.87 bits per heavy atom. The number of hydrogen-bond donors (Lipinski definition) is 2. The normalized spacial score (nSPS) is 49.0. The lowest BCUT2D eigenvalue weighted by atomic mass is 9.42. The van der Waals surface area contributed by atoms with Gasteiger partial charge >= 0.3 is 0 Å². The fourth-order valence-electron chi connectivity index (χ4n) is 5.51. The number of carbonyl (C=O) groups is 1. The van der Waals surface area contributed by atoms with Crippen LogP contribution in [0, 0.1) is 22.2 Å². The van der Waals surface area contributed by atoms with Crippen molar-refractivity contribution < 1.29 is 15.0 Å². The first kappa shape index (κ1) is 16.9. The van der Waals surface area contributed by atoms with E-state index < -0.39 is 17.1 Å². The molecule has 2 saturated carbocycles. The van der Waals surface area contributed by atoms with Crippen molar-refractivity contribution in [2.75, 3.05) is 0 Å². The number of allylic oxidation sites excluding steroid dienone is 2. The molecule has 3 aliphatic rings. The highest BCUT2D eigenvalue weighted by atomic mass is 16.3. The smallest absolute Gasteiger partial charge is 0.161 e. The molecule has 0 amide bonds. The van der Waals surface area contributed by atoms with Crippen LogP contribution in [0.3, 0.4) is 0 Å². The Morgan fingerprint density at radius 1 is 1.22 bits per heavy atom. The highest BCUT2D eigenvalue weighted by molar-refractivity contribution is 5.99. The second-order valence-corrected chi connectivity index (χ2v) is 9.13. The zero-order chi connectivity index (χ0) is 17.3. The summed E-state index contributed by atoms with van der Waals surface area (Å²) in [5.74, 6) is 0.0476. The SMILES string of the molecule is C=C[C@]1(C)C=C2C(=O)C[C@@H]3C(C)(C)CC[C@@H](O)[C@@]3(C)[C@]2(O)CC1. The highest BCUT2D eigenvalue weighted by Gasteiger charge is 2.67. The van der Waals surface area contributed by atoms with Crippen molar-refractivity contribution >= 4 is 5.78 Å². The standard InChI is InChI=1S/C20H30O3/c1-6-18(4)9-10-20(23)13(12-18)14(21)11-15-17(2,3)8-7-16(22)19(15,20)5/h6,12,15-16,22-23H,1,7-11H2,2-5H3/t15-,16-,18+,19+,20+/m1/s1. The molecule has 3 rings (SSSR count). The Bertz CT molecular complexity index is 590. The predicted octanol–water partition coefficient (Wildman–Crippen LogP) is 3.41. The minimum absolute atomic E-state index is 0.00138. The zero-order valence-corrected chi connectivity index (χ0v) is 14.9. The number of fused-ring (bicyclic) bond motifs is 3. The van der Waals surface area contributed by atoms with Gasteiger partial charge in [-0.15, -0.1) is 6.58 Å². The zero-order valence-electron chi connectivity index (χ0n) is 14.9. The van der Waals surface area contributed by atoms with Crippen LogP contribution in [0.1, 0.15) is 59.8 Å². The van der Waals surface area contributed by atoms with Gasteiger partial charge in [0.2, 0.25) is 0 Å². The molecule has 0 heterocycles. The fraction of sp³-hybridized carbons (Fsp3) is 0.750. The first-order valence-corrected chi connectivity index (χ1v) is 8.81. The van der Waals surface area contributed by atoms with Crippen molar-refractivity contribution in [1.82, 2.24) is 0 Å². The average molecular weight is 318 g/mol. The molecule has 3 aliphatic carbocycles. The van der Waals surface area contributed by atoms with E-state index in [9.17, 15) is 15.0 Å². The summed E-state index contributed by atoms with van der Waals surface area (Å²) in [7, 11) is 0. The van der Waals surface area contributed by atoms with Gasteiger partial charge in [-0.25, -0.2) is 0 Å². The minimum Gasteiger partial charge on any atom is -0.392 e. The monoisotopic (exact) mass is 318 g/mol. The molecule has 0 saturated heterocycles. The molecule has 0 radical (unpaired) electrons. The van der Waals surface area contributed by atoms with E-state index in [0.29, 0.717) is 24.8 Å². The van der Waals surface area contributed by atoms with Crippen LogP contribution in [-0.2, 0) is 4.79 Å². The van der Waals surface area contributed by atoms with Crippen molar-refractivity contribution in [3.05, 3.63) is 24.3 Å². The Balaban J connectivity index is 2.19. The van der Waals surface area contributed by atoms with E-state index in [1.165, 1.54) is 0 Å². The molecule has 0 unspecified atom stereocenters. The van der Waals surface area contributed by atoms with Crippen LogP contribution in [0.2, 0.25) is 0 Å². The third-order valence-corrected chi connectivity index (χ3v) is 7.41. The lowest BCUT2D eigenvalue weighted by Crippen LogP contribution is -2.68. The summed E-state index contributed by atoms with van der Waals surface area (Å²) in [5.41, 5.74) is -1.69. The van der Waals surface area contributed by atoms with Crippen molar-refractivity contribution in [1.29, 1.82) is 0 Å². The molecule has 0 bridgehead atoms. The van der Waals surface area contributed by atoms with Gasteiger partial charge in [-0.1, -0.05) is 39.8 Å². The first-order chi connectivity index (χ1) is 10.5. The molecule has 0 spiro atoms. The van der Waals surface area contributed by atoms with E-state index in [-0.39, 0.29) is 22.5 Å². The maximum absolute atomic E-state index is 12.9. The van der Waals surface area contributed by atoms with Gasteiger partial charge in [0.25, 0.3) is 0 Å². The van der Waals surface area contributed by atoms with Crippen molar-refractivity contribution in [2.45, 2.75) is 71.5 Å². The van der Waals surface area contributed by atoms with E-state index >= 15 is 0 Å². The summed E-state index contributed by atoms with van der Waals surface area (Å²) in [4.78, 5) is 12.9. The van der Waals surface area contributed by atoms with E-state index in [2.05, 4.69) is 27.4 Å². The summed E-state index contributed by atoms with van der Waals surface area (Å²) in [6.45, 7) is 12.3. The van der Waals surface area contributed by atoms with Gasteiger partial charge in [0.1, 0.15) is 5.60 Å². The van der Waals surface area contributed by atoms with Gasteiger partial charge in [-0.3, -0.25) is 4.79 Å². The number of aliphatic hydroxyl groups is 2. The topological polar surface area (TPSA) is 57.5 Å². The van der Waals surface area contributed by atoms with Gasteiger partial charge in [0.05, 0.1) is 6.10 Å². The largest absolute Gasteiger partial charge is 0.392 e. The predicted molar refractivity (Wildman–Crippen MR) is 90.8 cm³/mol. The first-order valence-electron chi connectivity index (χ1n) is 8.81. The molecule has 0 aliphatic heterocycles. The quantitative estimate of drug-likeness (QED) is 0.729. The Labute approximate surface area is 139 Å². The molecule has 3 heteroatoms. The summed E-state index contributed by atoms with van der Waals surface area (Å²) in [6, 6.07) is 0. The van der Waals surface area contributed by atoms with Crippen molar-refractivity contribution in [3.63, 3.8) is 0 Å². The van der Waals surface area contributed by atoms with E-state index in [1.54, 1.807) is 0 Å². The van der Waals surface area contributed by atoms with Gasteiger partial charge in [0.15, 0.2) is 5.78 Å². The number of carbonyl (C=O) groups excluding carboxylic acids is 1. The molecular formula is C20H30O3. The molecule has 5 atom stereocenters. The van der Waals surface area contributed by atoms with Crippen molar-refractivity contribution in [2.24, 2.45) is 22.2 Å². The van der Waals surface area contributed by atoms with E-state index in [4.69, 9.17) is 0 Å². The molecule has 0 aromatic heterocycles. The van der Waals surface area contributed by atoms with Crippen LogP contribution in [0.5, 0.6) is 0 Å². The number of Topliss-reactive ketones (excluding diaryl/α,β-unsaturated/α-hetero) is 1. The average Bonchev–Trinajstić information content (AvgIpc) is 2.49. The molecule has 128 valence electrons. The maximum Gasteiger partial charge on any atom is 0.161 e. The number of rotatable bonds is 1. The number of ketones is 1. The van der Waals surface area contributed by atoms with E-state index in [1.807, 2.05) is 19.1 Å². The molecule has 3 nitrogen and oxygen atoms in total. The highest BCUT2D eigenvalue weighted by Crippen LogP contribution is 2.64. The molecular weight excluding hydrogens is 288 g/mol. The van der Waals surface area contributed by atoms with Gasteiger partial charge in [0, 0.05) is 22.8 Å². The van der Waals surface area contributed by atoms with Crippen LogP contribution in [0.4, 0.5) is 0 Å². The minimum atomic E-state index is -1.23. The molecule has 23 heavy (non-hydrogen) atoms. The van der Waals surface area contributed by atoms with Crippen LogP contribution in [0.25, 0.3) is 0 Å². The second kappa shape index (κ2) is 4.80. The molecule has 2 fully saturated rings. The lowest BCUT2D eigenvalue weighted by Gasteiger charge is -2.64. The van der Waals surface area contributed by atoms with Crippen LogP contribution >= 0.6 is 0 Å². The third kappa shape index (κ3) is 2.05. The molecule has 0 aromatic rings. The van der Waals surface area contributed by atoms with Crippen molar-refractivity contribution in [3.8, 4) is 0 Å². The lowest BCUT2D eigenvalue weighted by molar-refractivity contribution is -0.212. The molecule has 2 N–H and O–H groups in total. The summed E-state index contributed by atoms with van der Waals surface area (Å²) in [6.07, 6.45) is 6.46. The van der Waals surface area contributed by atoms with Crippen LogP contribution < -0.4 is 0 Å². The summed E-state index contributed by atoms with van der Waals surface area (Å²) in [5, 5.41) is 22.5. The number of aliphatic hydroxyl groups excluding tert-OH is 1. The Kier molecular flexibility index (Phi) is 3.53. The Morgan fingerprint density at radius 3 is 2.48 bits per heavy atom. The van der Waals surface area contributed by atoms with Gasteiger partial charge in [-0.2, -0.15) is 0 Å². The van der Waals surface area contributed by atoms with E-state index in [0.717, 1.165) is 12.8 Å². The maximum atomic E-state index is 12.9. The van der Waals surface area contributed by atoms with Gasteiger partial charge < -0.3 is 10.2 Å². The second-order valence-electron chi connectivity index (χ2n) is 9.13. The summed E-state index contributed by atoms with van der Waals surface area (Å²) >= 11 is 0. The van der Waals surface area contributed by atoms with Gasteiger partial charge in [-0.05, 0) is 37.0 Å². The molecule has 0 aromatic carbocycles. The number of hydrogen-bond acceptors (Lipinski definition) is 3. The summed E-state index contributed by atoms with van der Waals surface area (Å²) < 4.78 is 0. The van der Waals surface area contributed by atoms with Crippen LogP contribution in [-0.4, -0.2) is 27.7 Å². The third-order valence-electron chi connectivity index (χ3n) is 7.41. The Hall–Kier alpha value is -0.930. The van der Waals surface area contributed by atoms with Crippen LogP contribution in [0.15, 0.2) is 24.3 Å². The fourth-order valence-corrected chi connectivity index (χ4v) is 5.51.